The van der Waals surface area contributed by atoms with Gasteiger partial charge in [0.25, 0.3) is 0 Å². The van der Waals surface area contributed by atoms with Crippen LogP contribution in [0, 0.1) is 0 Å². The summed E-state index contributed by atoms with van der Waals surface area (Å²) in [6.07, 6.45) is 2.04. The highest BCUT2D eigenvalue weighted by Crippen LogP contribution is 2.30. The molecule has 17 heavy (non-hydrogen) atoms. The number of fused-ring (bicyclic) bond motifs is 1. The number of ether oxygens (including phenoxy) is 1. The van der Waals surface area contributed by atoms with Crippen LogP contribution in [0.1, 0.15) is 18.4 Å². The third-order valence-corrected chi connectivity index (χ3v) is 3.27. The number of nitrogens with zero attached hydrogens (tertiary/aromatic N) is 3. The Hall–Kier alpha value is -1.60. The minimum atomic E-state index is 0.211. The van der Waals surface area contributed by atoms with E-state index >= 15 is 0 Å². The molecule has 0 atom stereocenters. The van der Waals surface area contributed by atoms with Crippen molar-refractivity contribution in [2.75, 3.05) is 30.1 Å². The van der Waals surface area contributed by atoms with Crippen molar-refractivity contribution in [2.24, 2.45) is 0 Å². The van der Waals surface area contributed by atoms with E-state index in [1.165, 1.54) is 0 Å². The molecule has 0 aromatic carbocycles. The molecular weight excluding hydrogens is 220 g/mol. The summed E-state index contributed by atoms with van der Waals surface area (Å²) in [5, 5.41) is 2.15. The van der Waals surface area contributed by atoms with Crippen molar-refractivity contribution in [3.8, 4) is 0 Å². The molecule has 2 aliphatic heterocycles. The highest BCUT2D eigenvalue weighted by molar-refractivity contribution is 5.60. The Morgan fingerprint density at radius 1 is 1.24 bits per heavy atom. The van der Waals surface area contributed by atoms with Crippen molar-refractivity contribution in [3.63, 3.8) is 0 Å². The number of anilines is 3. The van der Waals surface area contributed by atoms with Gasteiger partial charge in [0.15, 0.2) is 5.82 Å². The van der Waals surface area contributed by atoms with Gasteiger partial charge in [-0.15, -0.1) is 0 Å². The van der Waals surface area contributed by atoms with Crippen LogP contribution in [0.5, 0.6) is 0 Å². The second-order valence-corrected chi connectivity index (χ2v) is 4.38. The molecule has 1 aromatic rings. The van der Waals surface area contributed by atoms with Crippen LogP contribution in [0.4, 0.5) is 17.6 Å². The monoisotopic (exact) mass is 236 g/mol. The van der Waals surface area contributed by atoms with E-state index in [0.717, 1.165) is 44.0 Å². The first-order chi connectivity index (χ1) is 8.24. The van der Waals surface area contributed by atoms with Gasteiger partial charge in [0.2, 0.25) is 5.95 Å². The zero-order chi connectivity index (χ0) is 11.8. The summed E-state index contributed by atoms with van der Waals surface area (Å²) in [4.78, 5) is 8.14. The Balaban J connectivity index is 1.80. The SMILES string of the molecule is Nc1nc(N)c2c(n1)NN(C1CCOCC1)C2. The molecule has 0 radical (unpaired) electrons. The predicted molar refractivity (Wildman–Crippen MR) is 63.9 cm³/mol. The maximum atomic E-state index is 5.84. The number of aromatic nitrogens is 2. The first kappa shape index (κ1) is 10.5. The Morgan fingerprint density at radius 3 is 2.76 bits per heavy atom. The van der Waals surface area contributed by atoms with Gasteiger partial charge >= 0.3 is 0 Å². The van der Waals surface area contributed by atoms with E-state index in [-0.39, 0.29) is 5.95 Å². The average Bonchev–Trinajstić information content (AvgIpc) is 2.74. The number of rotatable bonds is 1. The molecular formula is C10H16N6O. The van der Waals surface area contributed by atoms with Crippen molar-refractivity contribution >= 4 is 17.6 Å². The first-order valence-electron chi connectivity index (χ1n) is 5.77. The van der Waals surface area contributed by atoms with E-state index in [1.54, 1.807) is 0 Å². The topological polar surface area (TPSA) is 102 Å². The number of nitrogens with one attached hydrogen (secondary N) is 1. The summed E-state index contributed by atoms with van der Waals surface area (Å²) in [5.74, 6) is 1.42. The minimum absolute atomic E-state index is 0.211. The van der Waals surface area contributed by atoms with E-state index < -0.39 is 0 Å². The molecule has 0 saturated carbocycles. The molecule has 7 nitrogen and oxygen atoms in total. The van der Waals surface area contributed by atoms with Crippen LogP contribution in [0.2, 0.25) is 0 Å². The van der Waals surface area contributed by atoms with Crippen LogP contribution >= 0.6 is 0 Å². The molecule has 0 bridgehead atoms. The molecule has 7 heteroatoms. The van der Waals surface area contributed by atoms with Gasteiger partial charge in [0.05, 0.1) is 12.1 Å². The largest absolute Gasteiger partial charge is 0.383 e. The van der Waals surface area contributed by atoms with E-state index in [4.69, 9.17) is 16.2 Å². The first-order valence-corrected chi connectivity index (χ1v) is 5.77. The van der Waals surface area contributed by atoms with Crippen molar-refractivity contribution in [1.82, 2.24) is 15.0 Å². The highest BCUT2D eigenvalue weighted by Gasteiger charge is 2.29. The van der Waals surface area contributed by atoms with Gasteiger partial charge in [0, 0.05) is 19.3 Å². The van der Waals surface area contributed by atoms with Crippen LogP contribution < -0.4 is 16.9 Å². The molecule has 92 valence electrons. The molecule has 3 heterocycles. The quantitative estimate of drug-likeness (QED) is 0.628. The summed E-state index contributed by atoms with van der Waals surface area (Å²) in [7, 11) is 0. The molecule has 0 unspecified atom stereocenters. The van der Waals surface area contributed by atoms with Crippen LogP contribution in [0.15, 0.2) is 0 Å². The summed E-state index contributed by atoms with van der Waals surface area (Å²) >= 11 is 0. The summed E-state index contributed by atoms with van der Waals surface area (Å²) in [5.41, 5.74) is 15.6. The molecule has 1 saturated heterocycles. The Labute approximate surface area is 99.1 Å². The maximum Gasteiger partial charge on any atom is 0.223 e. The summed E-state index contributed by atoms with van der Waals surface area (Å²) in [6, 6.07) is 0.457. The molecule has 1 fully saturated rings. The number of nitrogen functional groups attached to an aromatic ring is 2. The lowest BCUT2D eigenvalue weighted by Crippen LogP contribution is -2.39. The molecule has 0 amide bonds. The van der Waals surface area contributed by atoms with Crippen LogP contribution in [-0.4, -0.2) is 34.2 Å². The molecule has 3 rings (SSSR count). The van der Waals surface area contributed by atoms with E-state index in [0.29, 0.717) is 11.9 Å². The normalized spacial score (nSPS) is 21.2. The fraction of sp³-hybridized carbons (Fsp3) is 0.600. The highest BCUT2D eigenvalue weighted by atomic mass is 16.5. The number of hydrogen-bond donors (Lipinski definition) is 3. The average molecular weight is 236 g/mol. The number of hydrogen-bond acceptors (Lipinski definition) is 7. The van der Waals surface area contributed by atoms with E-state index in [1.807, 2.05) is 0 Å². The number of nitrogens with two attached hydrogens (primary N) is 2. The van der Waals surface area contributed by atoms with Gasteiger partial charge in [-0.25, -0.2) is 5.01 Å². The molecule has 0 aliphatic carbocycles. The van der Waals surface area contributed by atoms with Crippen LogP contribution in [0.3, 0.4) is 0 Å². The van der Waals surface area contributed by atoms with Crippen LogP contribution in [0.25, 0.3) is 0 Å². The van der Waals surface area contributed by atoms with Crippen molar-refractivity contribution < 1.29 is 4.74 Å². The van der Waals surface area contributed by atoms with Gasteiger partial charge in [-0.05, 0) is 12.8 Å². The lowest BCUT2D eigenvalue weighted by molar-refractivity contribution is 0.0429. The molecule has 0 spiro atoms. The molecule has 2 aliphatic rings. The van der Waals surface area contributed by atoms with Gasteiger partial charge in [0.1, 0.15) is 5.82 Å². The Kier molecular flexibility index (Phi) is 2.49. The maximum absolute atomic E-state index is 5.84. The third kappa shape index (κ3) is 1.87. The minimum Gasteiger partial charge on any atom is -0.383 e. The van der Waals surface area contributed by atoms with Gasteiger partial charge in [-0.2, -0.15) is 9.97 Å². The fourth-order valence-electron chi connectivity index (χ4n) is 2.33. The van der Waals surface area contributed by atoms with Crippen molar-refractivity contribution in [2.45, 2.75) is 25.4 Å². The Morgan fingerprint density at radius 2 is 2.00 bits per heavy atom. The fourth-order valence-corrected chi connectivity index (χ4v) is 2.33. The number of hydrazine groups is 1. The molecule has 1 aromatic heterocycles. The van der Waals surface area contributed by atoms with Gasteiger partial charge in [-0.1, -0.05) is 0 Å². The van der Waals surface area contributed by atoms with Crippen LogP contribution in [-0.2, 0) is 11.3 Å². The van der Waals surface area contributed by atoms with Gasteiger partial charge in [-0.3, -0.25) is 0 Å². The summed E-state index contributed by atoms with van der Waals surface area (Å²) in [6.45, 7) is 2.34. The standard InChI is InChI=1S/C10H16N6O/c11-8-7-5-16(6-1-3-17-4-2-6)15-9(7)14-10(12)13-8/h6H,1-5H2,(H5,11,12,13,14,15). The predicted octanol–water partition coefficient (Wildman–Crippen LogP) is -0.0375. The zero-order valence-electron chi connectivity index (χ0n) is 9.52. The van der Waals surface area contributed by atoms with Gasteiger partial charge < -0.3 is 21.6 Å². The third-order valence-electron chi connectivity index (χ3n) is 3.27. The second kappa shape index (κ2) is 4.01. The smallest absolute Gasteiger partial charge is 0.223 e. The lowest BCUT2D eigenvalue weighted by Gasteiger charge is -2.30. The van der Waals surface area contributed by atoms with Crippen molar-refractivity contribution in [1.29, 1.82) is 0 Å². The zero-order valence-corrected chi connectivity index (χ0v) is 9.52. The van der Waals surface area contributed by atoms with E-state index in [2.05, 4.69) is 20.4 Å². The summed E-state index contributed by atoms with van der Waals surface area (Å²) < 4.78 is 5.35. The van der Waals surface area contributed by atoms with E-state index in [9.17, 15) is 0 Å². The van der Waals surface area contributed by atoms with Crippen molar-refractivity contribution in [3.05, 3.63) is 5.56 Å². The Bertz CT molecular complexity index is 431. The lowest BCUT2D eigenvalue weighted by atomic mass is 10.1. The molecule has 5 N–H and O–H groups in total. The second-order valence-electron chi connectivity index (χ2n) is 4.38.